The first-order valence-corrected chi connectivity index (χ1v) is 6.31. The maximum Gasteiger partial charge on any atom is 0.224 e. The van der Waals surface area contributed by atoms with Crippen LogP contribution in [0, 0.1) is 5.82 Å². The zero-order valence-electron chi connectivity index (χ0n) is 10.8. The minimum atomic E-state index is -0.395. The van der Waals surface area contributed by atoms with Gasteiger partial charge in [-0.05, 0) is 19.8 Å². The van der Waals surface area contributed by atoms with Gasteiger partial charge < -0.3 is 15.0 Å². The Bertz CT molecular complexity index is 396. The lowest BCUT2D eigenvalue weighted by molar-refractivity contribution is 0.115. The highest BCUT2D eigenvalue weighted by Gasteiger charge is 2.21. The lowest BCUT2D eigenvalue weighted by Gasteiger charge is -2.25. The van der Waals surface area contributed by atoms with E-state index in [2.05, 4.69) is 15.3 Å². The van der Waals surface area contributed by atoms with Crippen LogP contribution in [0.3, 0.4) is 0 Å². The molecule has 5 nitrogen and oxygen atoms in total. The number of anilines is 2. The Morgan fingerprint density at radius 3 is 3.06 bits per heavy atom. The zero-order chi connectivity index (χ0) is 13.0. The summed E-state index contributed by atoms with van der Waals surface area (Å²) in [7, 11) is 1.72. The number of nitrogens with one attached hydrogen (secondary N) is 1. The Morgan fingerprint density at radius 2 is 2.44 bits per heavy atom. The highest BCUT2D eigenvalue weighted by Crippen LogP contribution is 2.20. The summed E-state index contributed by atoms with van der Waals surface area (Å²) >= 11 is 0. The zero-order valence-corrected chi connectivity index (χ0v) is 10.8. The molecule has 100 valence electrons. The first-order chi connectivity index (χ1) is 8.74. The van der Waals surface area contributed by atoms with E-state index in [9.17, 15) is 4.39 Å². The molecule has 1 unspecified atom stereocenters. The summed E-state index contributed by atoms with van der Waals surface area (Å²) in [6.45, 7) is 4.15. The van der Waals surface area contributed by atoms with E-state index in [4.69, 9.17) is 4.74 Å². The molecule has 0 bridgehead atoms. The van der Waals surface area contributed by atoms with Gasteiger partial charge in [0.2, 0.25) is 5.95 Å². The minimum Gasteiger partial charge on any atom is -0.376 e. The fourth-order valence-corrected chi connectivity index (χ4v) is 2.10. The van der Waals surface area contributed by atoms with Crippen LogP contribution >= 0.6 is 0 Å². The molecule has 0 radical (unpaired) electrons. The Hall–Kier alpha value is -1.43. The van der Waals surface area contributed by atoms with Crippen LogP contribution in [0.2, 0.25) is 0 Å². The molecule has 1 atom stereocenters. The van der Waals surface area contributed by atoms with Gasteiger partial charge in [0.05, 0.1) is 12.3 Å². The van der Waals surface area contributed by atoms with E-state index in [1.165, 1.54) is 6.20 Å². The van der Waals surface area contributed by atoms with Gasteiger partial charge in [0, 0.05) is 26.7 Å². The molecule has 0 saturated carbocycles. The lowest BCUT2D eigenvalue weighted by Crippen LogP contribution is -2.33. The second kappa shape index (κ2) is 5.95. The number of ether oxygens (including phenoxy) is 1. The first-order valence-electron chi connectivity index (χ1n) is 6.31. The molecule has 1 fully saturated rings. The van der Waals surface area contributed by atoms with Crippen LogP contribution in [0.15, 0.2) is 6.20 Å². The molecule has 6 heteroatoms. The van der Waals surface area contributed by atoms with Crippen molar-refractivity contribution >= 4 is 11.8 Å². The van der Waals surface area contributed by atoms with Crippen molar-refractivity contribution in [2.24, 2.45) is 0 Å². The Morgan fingerprint density at radius 1 is 1.61 bits per heavy atom. The lowest BCUT2D eigenvalue weighted by atomic mass is 10.2. The fourth-order valence-electron chi connectivity index (χ4n) is 2.10. The molecule has 0 aromatic carbocycles. The molecule has 18 heavy (non-hydrogen) atoms. The largest absolute Gasteiger partial charge is 0.376 e. The van der Waals surface area contributed by atoms with Gasteiger partial charge in [-0.15, -0.1) is 0 Å². The van der Waals surface area contributed by atoms with Crippen LogP contribution in [0.25, 0.3) is 0 Å². The Labute approximate surface area is 106 Å². The van der Waals surface area contributed by atoms with E-state index in [1.54, 1.807) is 7.05 Å². The normalized spacial score (nSPS) is 18.9. The standard InChI is InChI=1S/C12H19FN4O/c1-3-17(8-9-5-4-6-18-9)11-10(13)7-15-12(14-2)16-11/h7,9H,3-6,8H2,1-2H3,(H,14,15,16). The van der Waals surface area contributed by atoms with Crippen LogP contribution in [0.5, 0.6) is 0 Å². The molecular weight excluding hydrogens is 235 g/mol. The van der Waals surface area contributed by atoms with Crippen molar-refractivity contribution in [3.05, 3.63) is 12.0 Å². The topological polar surface area (TPSA) is 50.3 Å². The van der Waals surface area contributed by atoms with E-state index >= 15 is 0 Å². The van der Waals surface area contributed by atoms with Crippen LogP contribution in [0.1, 0.15) is 19.8 Å². The van der Waals surface area contributed by atoms with Gasteiger partial charge in [-0.25, -0.2) is 9.37 Å². The van der Waals surface area contributed by atoms with Crippen LogP contribution < -0.4 is 10.2 Å². The summed E-state index contributed by atoms with van der Waals surface area (Å²) in [6, 6.07) is 0. The van der Waals surface area contributed by atoms with Crippen molar-refractivity contribution in [3.63, 3.8) is 0 Å². The maximum atomic E-state index is 13.8. The van der Waals surface area contributed by atoms with Crippen molar-refractivity contribution in [2.45, 2.75) is 25.9 Å². The second-order valence-corrected chi connectivity index (χ2v) is 4.29. The number of likely N-dealkylation sites (N-methyl/N-ethyl adjacent to an activating group) is 1. The molecule has 1 aromatic heterocycles. The van der Waals surface area contributed by atoms with Crippen molar-refractivity contribution < 1.29 is 9.13 Å². The third-order valence-electron chi connectivity index (χ3n) is 3.08. The second-order valence-electron chi connectivity index (χ2n) is 4.29. The molecule has 1 saturated heterocycles. The van der Waals surface area contributed by atoms with Gasteiger partial charge in [0.15, 0.2) is 11.6 Å². The van der Waals surface area contributed by atoms with Crippen LogP contribution in [-0.4, -0.2) is 42.8 Å². The first kappa shape index (κ1) is 13.0. The predicted molar refractivity (Wildman–Crippen MR) is 68.4 cm³/mol. The fraction of sp³-hybridized carbons (Fsp3) is 0.667. The van der Waals surface area contributed by atoms with Crippen molar-refractivity contribution in [1.29, 1.82) is 0 Å². The molecule has 1 aliphatic heterocycles. The van der Waals surface area contributed by atoms with Crippen LogP contribution in [0.4, 0.5) is 16.2 Å². The van der Waals surface area contributed by atoms with Gasteiger partial charge in [0.25, 0.3) is 0 Å². The van der Waals surface area contributed by atoms with E-state index in [-0.39, 0.29) is 6.10 Å². The highest BCUT2D eigenvalue weighted by molar-refractivity contribution is 5.43. The smallest absolute Gasteiger partial charge is 0.224 e. The SMILES string of the molecule is CCN(CC1CCCO1)c1nc(NC)ncc1F. The molecular formula is C12H19FN4O. The molecule has 0 amide bonds. The Balaban J connectivity index is 2.14. The summed E-state index contributed by atoms with van der Waals surface area (Å²) in [5.41, 5.74) is 0. The molecule has 2 rings (SSSR count). The van der Waals surface area contributed by atoms with E-state index in [0.29, 0.717) is 24.9 Å². The summed E-state index contributed by atoms with van der Waals surface area (Å²) in [4.78, 5) is 9.92. The summed E-state index contributed by atoms with van der Waals surface area (Å²) < 4.78 is 19.4. The Kier molecular flexibility index (Phi) is 4.30. The van der Waals surface area contributed by atoms with Gasteiger partial charge in [-0.3, -0.25) is 0 Å². The van der Waals surface area contributed by atoms with Crippen molar-refractivity contribution in [2.75, 3.05) is 37.0 Å². The monoisotopic (exact) mass is 254 g/mol. The highest BCUT2D eigenvalue weighted by atomic mass is 19.1. The maximum absolute atomic E-state index is 13.8. The molecule has 1 aromatic rings. The van der Waals surface area contributed by atoms with E-state index < -0.39 is 5.82 Å². The van der Waals surface area contributed by atoms with Crippen LogP contribution in [-0.2, 0) is 4.74 Å². The van der Waals surface area contributed by atoms with Gasteiger partial charge in [-0.1, -0.05) is 0 Å². The molecule has 0 spiro atoms. The average molecular weight is 254 g/mol. The van der Waals surface area contributed by atoms with E-state index in [1.807, 2.05) is 11.8 Å². The quantitative estimate of drug-likeness (QED) is 0.866. The molecule has 0 aliphatic carbocycles. The molecule has 2 heterocycles. The number of nitrogens with zero attached hydrogens (tertiary/aromatic N) is 3. The summed E-state index contributed by atoms with van der Waals surface area (Å²) in [5, 5.41) is 2.82. The third kappa shape index (κ3) is 2.87. The molecule has 1 N–H and O–H groups in total. The number of rotatable bonds is 5. The van der Waals surface area contributed by atoms with Crippen molar-refractivity contribution in [1.82, 2.24) is 9.97 Å². The number of hydrogen-bond acceptors (Lipinski definition) is 5. The number of halogens is 1. The number of hydrogen-bond donors (Lipinski definition) is 1. The number of aromatic nitrogens is 2. The average Bonchev–Trinajstić information content (AvgIpc) is 2.90. The molecule has 1 aliphatic rings. The van der Waals surface area contributed by atoms with E-state index in [0.717, 1.165) is 19.4 Å². The van der Waals surface area contributed by atoms with Crippen molar-refractivity contribution in [3.8, 4) is 0 Å². The summed E-state index contributed by atoms with van der Waals surface area (Å²) in [6.07, 6.45) is 3.49. The third-order valence-corrected chi connectivity index (χ3v) is 3.08. The van der Waals surface area contributed by atoms with Gasteiger partial charge in [-0.2, -0.15) is 4.98 Å². The van der Waals surface area contributed by atoms with Gasteiger partial charge in [0.1, 0.15) is 0 Å². The predicted octanol–water partition coefficient (Wildman–Crippen LogP) is 1.66. The summed E-state index contributed by atoms with van der Waals surface area (Å²) in [5.74, 6) is 0.374. The minimum absolute atomic E-state index is 0.178. The van der Waals surface area contributed by atoms with Gasteiger partial charge >= 0.3 is 0 Å².